The average Bonchev–Trinajstić information content (AvgIpc) is 2.47. The highest BCUT2D eigenvalue weighted by Gasteiger charge is 2.19. The van der Waals surface area contributed by atoms with Crippen LogP contribution in [0.15, 0.2) is 24.3 Å². The lowest BCUT2D eigenvalue weighted by atomic mass is 9.99. The van der Waals surface area contributed by atoms with E-state index in [1.807, 2.05) is 31.2 Å². The van der Waals surface area contributed by atoms with Crippen LogP contribution in [0.5, 0.6) is 0 Å². The Hall–Kier alpha value is -1.68. The van der Waals surface area contributed by atoms with Crippen molar-refractivity contribution in [1.82, 2.24) is 10.2 Å². The van der Waals surface area contributed by atoms with Gasteiger partial charge in [0.05, 0.1) is 6.54 Å². The van der Waals surface area contributed by atoms with E-state index in [4.69, 9.17) is 0 Å². The molecule has 1 fully saturated rings. The molecule has 1 aliphatic heterocycles. The van der Waals surface area contributed by atoms with Crippen LogP contribution in [0.25, 0.3) is 0 Å². The molecule has 0 unspecified atom stereocenters. The van der Waals surface area contributed by atoms with Gasteiger partial charge in [-0.05, 0) is 38.4 Å². The van der Waals surface area contributed by atoms with Crippen LogP contribution in [0.3, 0.4) is 0 Å². The summed E-state index contributed by atoms with van der Waals surface area (Å²) < 4.78 is 0. The summed E-state index contributed by atoms with van der Waals surface area (Å²) in [7, 11) is 0. The molecule has 1 aromatic carbocycles. The Balaban J connectivity index is 1.70. The zero-order chi connectivity index (χ0) is 14.4. The van der Waals surface area contributed by atoms with Crippen LogP contribution in [-0.2, 0) is 16.1 Å². The Morgan fingerprint density at radius 2 is 1.95 bits per heavy atom. The van der Waals surface area contributed by atoms with Crippen molar-refractivity contribution in [2.45, 2.75) is 26.3 Å². The van der Waals surface area contributed by atoms with Gasteiger partial charge in [0.25, 0.3) is 0 Å². The first-order valence-corrected chi connectivity index (χ1v) is 7.17. The molecule has 1 saturated heterocycles. The van der Waals surface area contributed by atoms with E-state index in [9.17, 15) is 9.59 Å². The number of rotatable bonds is 5. The number of aldehydes is 1. The van der Waals surface area contributed by atoms with Gasteiger partial charge in [0.1, 0.15) is 6.29 Å². The van der Waals surface area contributed by atoms with E-state index >= 15 is 0 Å². The van der Waals surface area contributed by atoms with Crippen molar-refractivity contribution in [2.75, 3.05) is 19.6 Å². The summed E-state index contributed by atoms with van der Waals surface area (Å²) in [5, 5.41) is 2.94. The van der Waals surface area contributed by atoms with Gasteiger partial charge < -0.3 is 10.1 Å². The third-order valence-corrected chi connectivity index (χ3v) is 3.80. The summed E-state index contributed by atoms with van der Waals surface area (Å²) in [5.41, 5.74) is 2.33. The van der Waals surface area contributed by atoms with Crippen LogP contribution in [0, 0.1) is 12.8 Å². The first-order chi connectivity index (χ1) is 9.67. The molecule has 1 amide bonds. The number of amides is 1. The number of carbonyl (C=O) groups is 2. The number of aryl methyl sites for hydroxylation is 1. The maximum atomic E-state index is 11.9. The van der Waals surface area contributed by atoms with Crippen molar-refractivity contribution in [1.29, 1.82) is 0 Å². The molecule has 4 heteroatoms. The Bertz CT molecular complexity index is 448. The molecule has 0 saturated carbocycles. The maximum absolute atomic E-state index is 11.9. The SMILES string of the molecule is Cc1ccc(CNC(=O)CN2CCC(C=O)CC2)cc1. The van der Waals surface area contributed by atoms with Crippen LogP contribution >= 0.6 is 0 Å². The number of nitrogens with zero attached hydrogens (tertiary/aromatic N) is 1. The summed E-state index contributed by atoms with van der Waals surface area (Å²) in [6.45, 7) is 4.72. The summed E-state index contributed by atoms with van der Waals surface area (Å²) >= 11 is 0. The van der Waals surface area contributed by atoms with E-state index in [2.05, 4.69) is 10.2 Å². The van der Waals surface area contributed by atoms with Gasteiger partial charge in [-0.15, -0.1) is 0 Å². The molecule has 1 heterocycles. The summed E-state index contributed by atoms with van der Waals surface area (Å²) in [4.78, 5) is 24.7. The minimum Gasteiger partial charge on any atom is -0.351 e. The molecule has 0 aliphatic carbocycles. The Kier molecular flexibility index (Phi) is 5.30. The Morgan fingerprint density at radius 3 is 2.55 bits per heavy atom. The standard InChI is InChI=1S/C16H22N2O2/c1-13-2-4-14(5-3-13)10-17-16(20)11-18-8-6-15(12-19)7-9-18/h2-5,12,15H,6-11H2,1H3,(H,17,20). The maximum Gasteiger partial charge on any atom is 0.234 e. The van der Waals surface area contributed by atoms with E-state index in [-0.39, 0.29) is 11.8 Å². The van der Waals surface area contributed by atoms with Crippen molar-refractivity contribution < 1.29 is 9.59 Å². The van der Waals surface area contributed by atoms with Crippen LogP contribution in [0.2, 0.25) is 0 Å². The molecule has 0 bridgehead atoms. The topological polar surface area (TPSA) is 49.4 Å². The minimum atomic E-state index is 0.0510. The molecule has 1 N–H and O–H groups in total. The zero-order valence-corrected chi connectivity index (χ0v) is 12.0. The van der Waals surface area contributed by atoms with Gasteiger partial charge in [0.15, 0.2) is 0 Å². The summed E-state index contributed by atoms with van der Waals surface area (Å²) in [6.07, 6.45) is 2.78. The van der Waals surface area contributed by atoms with Gasteiger partial charge in [-0.1, -0.05) is 29.8 Å². The van der Waals surface area contributed by atoms with Crippen LogP contribution in [0.4, 0.5) is 0 Å². The summed E-state index contributed by atoms with van der Waals surface area (Å²) in [5.74, 6) is 0.233. The predicted molar refractivity (Wildman–Crippen MR) is 78.3 cm³/mol. The molecule has 1 aromatic rings. The van der Waals surface area contributed by atoms with Crippen LogP contribution in [0.1, 0.15) is 24.0 Å². The van der Waals surface area contributed by atoms with Crippen molar-refractivity contribution >= 4 is 12.2 Å². The van der Waals surface area contributed by atoms with E-state index in [1.54, 1.807) is 0 Å². The lowest BCUT2D eigenvalue weighted by Crippen LogP contribution is -2.41. The highest BCUT2D eigenvalue weighted by Crippen LogP contribution is 2.14. The molecule has 1 aliphatic rings. The third-order valence-electron chi connectivity index (χ3n) is 3.80. The Morgan fingerprint density at radius 1 is 1.30 bits per heavy atom. The lowest BCUT2D eigenvalue weighted by Gasteiger charge is -2.28. The number of likely N-dealkylation sites (tertiary alicyclic amines) is 1. The number of carbonyl (C=O) groups excluding carboxylic acids is 2. The first kappa shape index (κ1) is 14.7. The van der Waals surface area contributed by atoms with Crippen LogP contribution < -0.4 is 5.32 Å². The fourth-order valence-corrected chi connectivity index (χ4v) is 2.41. The monoisotopic (exact) mass is 274 g/mol. The number of hydrogen-bond donors (Lipinski definition) is 1. The molecule has 0 radical (unpaired) electrons. The first-order valence-electron chi connectivity index (χ1n) is 7.17. The van der Waals surface area contributed by atoms with Crippen molar-refractivity contribution in [3.05, 3.63) is 35.4 Å². The van der Waals surface area contributed by atoms with E-state index in [1.165, 1.54) is 5.56 Å². The smallest absolute Gasteiger partial charge is 0.234 e. The molecule has 0 spiro atoms. The van der Waals surface area contributed by atoms with Gasteiger partial charge in [0.2, 0.25) is 5.91 Å². The molecule has 0 aromatic heterocycles. The number of nitrogens with one attached hydrogen (secondary N) is 1. The van der Waals surface area contributed by atoms with E-state index in [0.717, 1.165) is 37.8 Å². The second-order valence-corrected chi connectivity index (χ2v) is 5.51. The van der Waals surface area contributed by atoms with Gasteiger partial charge in [-0.2, -0.15) is 0 Å². The fraction of sp³-hybridized carbons (Fsp3) is 0.500. The van der Waals surface area contributed by atoms with Gasteiger partial charge in [-0.3, -0.25) is 9.69 Å². The number of piperidine rings is 1. The average molecular weight is 274 g/mol. The van der Waals surface area contributed by atoms with Gasteiger partial charge in [0, 0.05) is 12.5 Å². The second kappa shape index (κ2) is 7.20. The molecule has 2 rings (SSSR count). The van der Waals surface area contributed by atoms with Gasteiger partial charge in [-0.25, -0.2) is 0 Å². The summed E-state index contributed by atoms with van der Waals surface area (Å²) in [6, 6.07) is 8.16. The second-order valence-electron chi connectivity index (χ2n) is 5.51. The minimum absolute atomic E-state index is 0.0510. The molecule has 4 nitrogen and oxygen atoms in total. The van der Waals surface area contributed by atoms with Crippen molar-refractivity contribution in [3.63, 3.8) is 0 Å². The lowest BCUT2D eigenvalue weighted by molar-refractivity contribution is -0.122. The predicted octanol–water partition coefficient (Wildman–Crippen LogP) is 1.52. The molecular formula is C16H22N2O2. The molecule has 0 atom stereocenters. The fourth-order valence-electron chi connectivity index (χ4n) is 2.41. The normalized spacial score (nSPS) is 16.9. The molecule has 20 heavy (non-hydrogen) atoms. The van der Waals surface area contributed by atoms with Gasteiger partial charge >= 0.3 is 0 Å². The Labute approximate surface area is 120 Å². The highest BCUT2D eigenvalue weighted by molar-refractivity contribution is 5.78. The largest absolute Gasteiger partial charge is 0.351 e. The zero-order valence-electron chi connectivity index (χ0n) is 12.0. The van der Waals surface area contributed by atoms with E-state index < -0.39 is 0 Å². The number of hydrogen-bond acceptors (Lipinski definition) is 3. The highest BCUT2D eigenvalue weighted by atomic mass is 16.2. The van der Waals surface area contributed by atoms with Crippen LogP contribution in [-0.4, -0.2) is 36.7 Å². The van der Waals surface area contributed by atoms with E-state index in [0.29, 0.717) is 13.1 Å². The van der Waals surface area contributed by atoms with Crippen molar-refractivity contribution in [3.8, 4) is 0 Å². The quantitative estimate of drug-likeness (QED) is 0.828. The number of benzene rings is 1. The third kappa shape index (κ3) is 4.46. The van der Waals surface area contributed by atoms with Crippen molar-refractivity contribution in [2.24, 2.45) is 5.92 Å². The molecule has 108 valence electrons. The molecular weight excluding hydrogens is 252 g/mol.